The summed E-state index contributed by atoms with van der Waals surface area (Å²) >= 11 is 6.17. The van der Waals surface area contributed by atoms with Crippen LogP contribution in [0.1, 0.15) is 36.2 Å². The number of hydrogen-bond donors (Lipinski definition) is 1. The van der Waals surface area contributed by atoms with Crippen LogP contribution in [0, 0.1) is 6.92 Å². The number of unbranched alkanes of at least 4 members (excludes halogenated alkanes) is 1. The Hall–Kier alpha value is -3.31. The van der Waals surface area contributed by atoms with E-state index in [1.54, 1.807) is 0 Å². The molecule has 35 heavy (non-hydrogen) atoms. The van der Waals surface area contributed by atoms with Crippen LogP contribution in [0.3, 0.4) is 0 Å². The maximum absolute atomic E-state index is 12.3. The predicted octanol–water partition coefficient (Wildman–Crippen LogP) is 6.15. The lowest BCUT2D eigenvalue weighted by Gasteiger charge is -2.11. The molecule has 182 valence electrons. The third-order valence-electron chi connectivity index (χ3n) is 6.01. The lowest BCUT2D eigenvalue weighted by Crippen LogP contribution is -2.26. The summed E-state index contributed by atoms with van der Waals surface area (Å²) in [4.78, 5) is 17.2. The number of fused-ring (bicyclic) bond motifs is 1. The molecule has 1 aromatic heterocycles. The van der Waals surface area contributed by atoms with Crippen molar-refractivity contribution in [1.29, 1.82) is 0 Å². The zero-order valence-electron chi connectivity index (χ0n) is 20.2. The van der Waals surface area contributed by atoms with E-state index in [2.05, 4.69) is 47.1 Å². The number of amides is 1. The van der Waals surface area contributed by atoms with Crippen LogP contribution in [-0.4, -0.2) is 28.6 Å². The third-order valence-corrected chi connectivity index (χ3v) is 6.38. The number of para-hydroxylation sites is 2. The molecule has 0 aliphatic rings. The molecule has 6 heteroatoms. The van der Waals surface area contributed by atoms with Gasteiger partial charge >= 0.3 is 0 Å². The molecule has 0 atom stereocenters. The smallest absolute Gasteiger partial charge is 0.224 e. The lowest BCUT2D eigenvalue weighted by molar-refractivity contribution is -0.120. The van der Waals surface area contributed by atoms with Gasteiger partial charge < -0.3 is 14.6 Å². The first-order valence-electron chi connectivity index (χ1n) is 12.2. The maximum Gasteiger partial charge on any atom is 0.224 e. The predicted molar refractivity (Wildman–Crippen MR) is 142 cm³/mol. The Kier molecular flexibility index (Phi) is 8.79. The summed E-state index contributed by atoms with van der Waals surface area (Å²) in [5, 5.41) is 3.64. The van der Waals surface area contributed by atoms with Crippen molar-refractivity contribution in [3.05, 3.63) is 94.8 Å². The minimum absolute atomic E-state index is 0.0137. The number of ether oxygens (including phenoxy) is 1. The number of carbonyl (C=O) groups is 1. The summed E-state index contributed by atoms with van der Waals surface area (Å²) in [6, 6.07) is 23.9. The molecule has 4 aromatic rings. The van der Waals surface area contributed by atoms with E-state index in [0.29, 0.717) is 24.6 Å². The summed E-state index contributed by atoms with van der Waals surface area (Å²) in [6.07, 6.45) is 3.91. The summed E-state index contributed by atoms with van der Waals surface area (Å²) in [6.45, 7) is 4.27. The molecule has 1 amide bonds. The van der Waals surface area contributed by atoms with Gasteiger partial charge in [0.2, 0.25) is 5.91 Å². The molecule has 4 rings (SSSR count). The number of halogens is 1. The molecule has 0 fully saturated rings. The number of aryl methyl sites for hydroxylation is 3. The van der Waals surface area contributed by atoms with Crippen molar-refractivity contribution in [1.82, 2.24) is 14.9 Å². The van der Waals surface area contributed by atoms with E-state index in [9.17, 15) is 4.79 Å². The fourth-order valence-corrected chi connectivity index (χ4v) is 4.32. The monoisotopic (exact) mass is 489 g/mol. The lowest BCUT2D eigenvalue weighted by atomic mass is 10.1. The zero-order chi connectivity index (χ0) is 24.5. The Morgan fingerprint density at radius 1 is 0.971 bits per heavy atom. The standard InChI is InChI=1S/C29H32ClN3O2/c1-22-14-16-24(17-15-22)35-20-7-6-19-33-27-12-5-4-11-26(27)32-28(33)13-8-18-31-29(34)21-23-9-2-3-10-25(23)30/h2-5,9-12,14-17H,6-8,13,18-21H2,1H3,(H,31,34). The van der Waals surface area contributed by atoms with E-state index in [4.69, 9.17) is 21.3 Å². The molecule has 0 bridgehead atoms. The highest BCUT2D eigenvalue weighted by Gasteiger charge is 2.11. The van der Waals surface area contributed by atoms with Crippen molar-refractivity contribution < 1.29 is 9.53 Å². The van der Waals surface area contributed by atoms with Gasteiger partial charge in [-0.3, -0.25) is 4.79 Å². The Labute approximate surface area is 212 Å². The van der Waals surface area contributed by atoms with Crippen molar-refractivity contribution in [2.45, 2.75) is 45.6 Å². The van der Waals surface area contributed by atoms with E-state index in [0.717, 1.165) is 60.4 Å². The average molecular weight is 490 g/mol. The van der Waals surface area contributed by atoms with Gasteiger partial charge in [0.25, 0.3) is 0 Å². The molecule has 0 spiro atoms. The Morgan fingerprint density at radius 2 is 1.74 bits per heavy atom. The number of rotatable bonds is 12. The van der Waals surface area contributed by atoms with Gasteiger partial charge in [-0.25, -0.2) is 4.98 Å². The minimum atomic E-state index is -0.0137. The van der Waals surface area contributed by atoms with E-state index < -0.39 is 0 Å². The van der Waals surface area contributed by atoms with E-state index in [-0.39, 0.29) is 5.91 Å². The van der Waals surface area contributed by atoms with Crippen molar-refractivity contribution in [2.24, 2.45) is 0 Å². The Morgan fingerprint density at radius 3 is 2.57 bits per heavy atom. The van der Waals surface area contributed by atoms with Crippen molar-refractivity contribution in [2.75, 3.05) is 13.2 Å². The van der Waals surface area contributed by atoms with Gasteiger partial charge in [-0.2, -0.15) is 0 Å². The molecular formula is C29H32ClN3O2. The maximum atomic E-state index is 12.3. The highest BCUT2D eigenvalue weighted by Crippen LogP contribution is 2.19. The molecule has 1 heterocycles. The second-order valence-electron chi connectivity index (χ2n) is 8.76. The van der Waals surface area contributed by atoms with Crippen molar-refractivity contribution in [3.8, 4) is 5.75 Å². The molecule has 0 saturated carbocycles. The van der Waals surface area contributed by atoms with Gasteiger partial charge in [-0.1, -0.05) is 59.6 Å². The summed E-state index contributed by atoms with van der Waals surface area (Å²) in [5.41, 5.74) is 4.25. The number of benzene rings is 3. The topological polar surface area (TPSA) is 56.1 Å². The SMILES string of the molecule is Cc1ccc(OCCCCn2c(CCCNC(=O)Cc3ccccc3Cl)nc3ccccc32)cc1. The van der Waals surface area contributed by atoms with Gasteiger partial charge in [0, 0.05) is 24.5 Å². The second kappa shape index (κ2) is 12.4. The number of aromatic nitrogens is 2. The van der Waals surface area contributed by atoms with Crippen LogP contribution in [0.4, 0.5) is 0 Å². The van der Waals surface area contributed by atoms with Crippen molar-refractivity contribution in [3.63, 3.8) is 0 Å². The normalized spacial score (nSPS) is 11.0. The average Bonchev–Trinajstić information content (AvgIpc) is 3.21. The Bertz CT molecular complexity index is 1250. The van der Waals surface area contributed by atoms with Gasteiger partial charge in [0.1, 0.15) is 11.6 Å². The van der Waals surface area contributed by atoms with Crippen LogP contribution in [0.5, 0.6) is 5.75 Å². The van der Waals surface area contributed by atoms with Gasteiger partial charge in [-0.15, -0.1) is 0 Å². The van der Waals surface area contributed by atoms with Crippen LogP contribution in [0.2, 0.25) is 5.02 Å². The second-order valence-corrected chi connectivity index (χ2v) is 9.17. The summed E-state index contributed by atoms with van der Waals surface area (Å²) in [7, 11) is 0. The number of nitrogens with one attached hydrogen (secondary N) is 1. The van der Waals surface area contributed by atoms with E-state index >= 15 is 0 Å². The quantitative estimate of drug-likeness (QED) is 0.243. The number of imidazole rings is 1. The van der Waals surface area contributed by atoms with E-state index in [1.807, 2.05) is 42.5 Å². The first-order chi connectivity index (χ1) is 17.1. The number of nitrogens with zero attached hydrogens (tertiary/aromatic N) is 2. The fourth-order valence-electron chi connectivity index (χ4n) is 4.11. The van der Waals surface area contributed by atoms with Crippen LogP contribution in [0.25, 0.3) is 11.0 Å². The summed E-state index contributed by atoms with van der Waals surface area (Å²) < 4.78 is 8.19. The molecule has 0 aliphatic heterocycles. The molecule has 0 radical (unpaired) electrons. The summed E-state index contributed by atoms with van der Waals surface area (Å²) in [5.74, 6) is 1.96. The third kappa shape index (κ3) is 7.09. The first-order valence-corrected chi connectivity index (χ1v) is 12.6. The largest absolute Gasteiger partial charge is 0.494 e. The molecule has 0 unspecified atom stereocenters. The number of carbonyl (C=O) groups excluding carboxylic acids is 1. The van der Waals surface area contributed by atoms with Crippen molar-refractivity contribution >= 4 is 28.5 Å². The van der Waals surface area contributed by atoms with Gasteiger partial charge in [0.05, 0.1) is 24.1 Å². The van der Waals surface area contributed by atoms with Gasteiger partial charge in [0.15, 0.2) is 0 Å². The highest BCUT2D eigenvalue weighted by atomic mass is 35.5. The van der Waals surface area contributed by atoms with Crippen LogP contribution in [-0.2, 0) is 24.2 Å². The zero-order valence-corrected chi connectivity index (χ0v) is 20.9. The van der Waals surface area contributed by atoms with Crippen LogP contribution < -0.4 is 10.1 Å². The molecule has 5 nitrogen and oxygen atoms in total. The molecule has 1 N–H and O–H groups in total. The van der Waals surface area contributed by atoms with E-state index in [1.165, 1.54) is 5.56 Å². The van der Waals surface area contributed by atoms with Gasteiger partial charge in [-0.05, 0) is 62.1 Å². The fraction of sp³-hybridized carbons (Fsp3) is 0.310. The minimum Gasteiger partial charge on any atom is -0.494 e. The number of hydrogen-bond acceptors (Lipinski definition) is 3. The highest BCUT2D eigenvalue weighted by molar-refractivity contribution is 6.31. The first kappa shape index (κ1) is 24.8. The van der Waals surface area contributed by atoms with Crippen LogP contribution >= 0.6 is 11.6 Å². The molecule has 0 saturated heterocycles. The molecule has 3 aromatic carbocycles. The Balaban J connectivity index is 1.26. The van der Waals surface area contributed by atoms with Crippen LogP contribution in [0.15, 0.2) is 72.8 Å². The molecule has 0 aliphatic carbocycles. The molecular weight excluding hydrogens is 458 g/mol.